The van der Waals surface area contributed by atoms with Crippen molar-refractivity contribution in [3.8, 4) is 0 Å². The van der Waals surface area contributed by atoms with Crippen LogP contribution in [-0.2, 0) is 4.79 Å². The maximum Gasteiger partial charge on any atom is 0.227 e. The van der Waals surface area contributed by atoms with E-state index >= 15 is 0 Å². The van der Waals surface area contributed by atoms with E-state index in [1.807, 2.05) is 12.1 Å². The topological polar surface area (TPSA) is 40.5 Å². The highest BCUT2D eigenvalue weighted by molar-refractivity contribution is 6.30. The summed E-state index contributed by atoms with van der Waals surface area (Å²) in [7, 11) is 0. The van der Waals surface area contributed by atoms with E-state index in [2.05, 4.69) is 0 Å². The predicted molar refractivity (Wildman–Crippen MR) is 88.4 cm³/mol. The number of piperidine rings is 1. The van der Waals surface area contributed by atoms with Gasteiger partial charge in [0.1, 0.15) is 0 Å². The van der Waals surface area contributed by atoms with Crippen LogP contribution in [0.1, 0.15) is 24.4 Å². The Morgan fingerprint density at radius 1 is 0.955 bits per heavy atom. The molecule has 0 spiro atoms. The Kier molecular flexibility index (Phi) is 4.39. The summed E-state index contributed by atoms with van der Waals surface area (Å²) >= 11 is 11.8. The standard InChI is InChI=1S/C17H15Cl2NO2/c18-12-3-1-11(2-4-12)17-15(21)9-10-16(22)20(17)14-7-5-13(19)6-8-14/h1-8,15,17,21H,9-10H2/t15-,17+/m0/s1. The molecule has 1 aliphatic heterocycles. The van der Waals surface area contributed by atoms with Gasteiger partial charge in [-0.05, 0) is 48.4 Å². The molecular weight excluding hydrogens is 321 g/mol. The molecule has 0 aliphatic carbocycles. The van der Waals surface area contributed by atoms with Crippen molar-refractivity contribution in [1.29, 1.82) is 0 Å². The summed E-state index contributed by atoms with van der Waals surface area (Å²) in [6.07, 6.45) is 0.166. The number of rotatable bonds is 2. The number of benzene rings is 2. The minimum absolute atomic E-state index is 0.00688. The van der Waals surface area contributed by atoms with Gasteiger partial charge in [-0.25, -0.2) is 0 Å². The Bertz CT molecular complexity index is 670. The van der Waals surface area contributed by atoms with Crippen molar-refractivity contribution >= 4 is 34.8 Å². The van der Waals surface area contributed by atoms with Gasteiger partial charge in [-0.3, -0.25) is 4.79 Å². The van der Waals surface area contributed by atoms with Crippen LogP contribution in [0.2, 0.25) is 10.0 Å². The first-order valence-electron chi connectivity index (χ1n) is 7.07. The molecule has 1 heterocycles. The highest BCUT2D eigenvalue weighted by Crippen LogP contribution is 2.36. The van der Waals surface area contributed by atoms with E-state index in [9.17, 15) is 9.90 Å². The van der Waals surface area contributed by atoms with Crippen molar-refractivity contribution < 1.29 is 9.90 Å². The summed E-state index contributed by atoms with van der Waals surface area (Å²) in [6, 6.07) is 13.9. The van der Waals surface area contributed by atoms with Crippen LogP contribution in [0.3, 0.4) is 0 Å². The van der Waals surface area contributed by atoms with Gasteiger partial charge in [-0.2, -0.15) is 0 Å². The van der Waals surface area contributed by atoms with E-state index in [0.29, 0.717) is 22.9 Å². The quantitative estimate of drug-likeness (QED) is 0.892. The number of hydrogen-bond acceptors (Lipinski definition) is 2. The zero-order valence-corrected chi connectivity index (χ0v) is 13.3. The molecule has 0 aromatic heterocycles. The van der Waals surface area contributed by atoms with Crippen LogP contribution in [0.15, 0.2) is 48.5 Å². The number of anilines is 1. The molecule has 0 saturated carbocycles. The van der Waals surface area contributed by atoms with Gasteiger partial charge in [0.25, 0.3) is 0 Å². The van der Waals surface area contributed by atoms with Crippen LogP contribution >= 0.6 is 23.2 Å². The average Bonchev–Trinajstić information content (AvgIpc) is 2.51. The molecule has 114 valence electrons. The number of carbonyl (C=O) groups is 1. The lowest BCUT2D eigenvalue weighted by Gasteiger charge is -2.39. The number of nitrogens with zero attached hydrogens (tertiary/aromatic N) is 1. The highest BCUT2D eigenvalue weighted by atomic mass is 35.5. The Hall–Kier alpha value is -1.55. The summed E-state index contributed by atoms with van der Waals surface area (Å²) in [5.41, 5.74) is 1.59. The fourth-order valence-corrected chi connectivity index (χ4v) is 3.07. The maximum atomic E-state index is 12.4. The molecule has 2 atom stereocenters. The third-order valence-electron chi connectivity index (χ3n) is 3.88. The third kappa shape index (κ3) is 2.98. The van der Waals surface area contributed by atoms with E-state index in [1.54, 1.807) is 41.3 Å². The van der Waals surface area contributed by atoms with Crippen LogP contribution in [0, 0.1) is 0 Å². The fraction of sp³-hybridized carbons (Fsp3) is 0.235. The maximum absolute atomic E-state index is 12.4. The number of amides is 1. The molecule has 1 fully saturated rings. The molecular formula is C17H15Cl2NO2. The summed E-state index contributed by atoms with van der Waals surface area (Å²) in [5, 5.41) is 11.7. The molecule has 1 N–H and O–H groups in total. The molecule has 0 radical (unpaired) electrons. The van der Waals surface area contributed by atoms with Crippen molar-refractivity contribution in [2.24, 2.45) is 0 Å². The van der Waals surface area contributed by atoms with E-state index < -0.39 is 12.1 Å². The van der Waals surface area contributed by atoms with Crippen molar-refractivity contribution in [2.75, 3.05) is 4.90 Å². The second kappa shape index (κ2) is 6.29. The van der Waals surface area contributed by atoms with Gasteiger partial charge in [0.15, 0.2) is 0 Å². The Morgan fingerprint density at radius 3 is 2.09 bits per heavy atom. The molecule has 0 unspecified atom stereocenters. The second-order valence-electron chi connectivity index (χ2n) is 5.34. The SMILES string of the molecule is O=C1CC[C@H](O)[C@@H](c2ccc(Cl)cc2)N1c1ccc(Cl)cc1. The van der Waals surface area contributed by atoms with Crippen LogP contribution < -0.4 is 4.90 Å². The molecule has 2 aromatic carbocycles. The fourth-order valence-electron chi connectivity index (χ4n) is 2.81. The largest absolute Gasteiger partial charge is 0.391 e. The summed E-state index contributed by atoms with van der Waals surface area (Å²) in [4.78, 5) is 14.1. The minimum atomic E-state index is -0.616. The van der Waals surface area contributed by atoms with Crippen LogP contribution in [0.25, 0.3) is 0 Å². The van der Waals surface area contributed by atoms with E-state index in [-0.39, 0.29) is 5.91 Å². The summed E-state index contributed by atoms with van der Waals surface area (Å²) in [6.45, 7) is 0. The third-order valence-corrected chi connectivity index (χ3v) is 4.39. The molecule has 3 rings (SSSR count). The lowest BCUT2D eigenvalue weighted by molar-refractivity contribution is -0.122. The number of hydrogen-bond donors (Lipinski definition) is 1. The van der Waals surface area contributed by atoms with Crippen LogP contribution in [-0.4, -0.2) is 17.1 Å². The molecule has 3 nitrogen and oxygen atoms in total. The number of aliphatic hydroxyl groups is 1. The molecule has 2 aromatic rings. The van der Waals surface area contributed by atoms with Gasteiger partial charge in [0, 0.05) is 22.2 Å². The highest BCUT2D eigenvalue weighted by Gasteiger charge is 2.36. The lowest BCUT2D eigenvalue weighted by atomic mass is 9.91. The summed E-state index contributed by atoms with van der Waals surface area (Å²) in [5.74, 6) is -0.00688. The zero-order chi connectivity index (χ0) is 15.7. The van der Waals surface area contributed by atoms with Crippen molar-refractivity contribution in [2.45, 2.75) is 25.0 Å². The van der Waals surface area contributed by atoms with Crippen LogP contribution in [0.4, 0.5) is 5.69 Å². The molecule has 22 heavy (non-hydrogen) atoms. The number of aliphatic hydroxyl groups excluding tert-OH is 1. The van der Waals surface area contributed by atoms with Gasteiger partial charge in [-0.1, -0.05) is 35.3 Å². The van der Waals surface area contributed by atoms with Crippen molar-refractivity contribution in [3.63, 3.8) is 0 Å². The number of carbonyl (C=O) groups excluding carboxylic acids is 1. The first kappa shape index (κ1) is 15.3. The van der Waals surface area contributed by atoms with Gasteiger partial charge >= 0.3 is 0 Å². The predicted octanol–water partition coefficient (Wildman–Crippen LogP) is 4.22. The molecule has 1 amide bonds. The normalized spacial score (nSPS) is 22.0. The molecule has 1 saturated heterocycles. The van der Waals surface area contributed by atoms with Gasteiger partial charge in [-0.15, -0.1) is 0 Å². The van der Waals surface area contributed by atoms with Crippen molar-refractivity contribution in [1.82, 2.24) is 0 Å². The first-order chi connectivity index (χ1) is 10.6. The smallest absolute Gasteiger partial charge is 0.227 e. The van der Waals surface area contributed by atoms with E-state index in [0.717, 1.165) is 11.3 Å². The summed E-state index contributed by atoms with van der Waals surface area (Å²) < 4.78 is 0. The first-order valence-corrected chi connectivity index (χ1v) is 7.83. The van der Waals surface area contributed by atoms with Crippen LogP contribution in [0.5, 0.6) is 0 Å². The Morgan fingerprint density at radius 2 is 1.50 bits per heavy atom. The van der Waals surface area contributed by atoms with Crippen molar-refractivity contribution in [3.05, 3.63) is 64.1 Å². The monoisotopic (exact) mass is 335 g/mol. The molecule has 5 heteroatoms. The zero-order valence-electron chi connectivity index (χ0n) is 11.7. The van der Waals surface area contributed by atoms with E-state index in [4.69, 9.17) is 23.2 Å². The van der Waals surface area contributed by atoms with Gasteiger partial charge in [0.05, 0.1) is 12.1 Å². The lowest BCUT2D eigenvalue weighted by Crippen LogP contribution is -2.45. The van der Waals surface area contributed by atoms with Gasteiger partial charge < -0.3 is 10.0 Å². The number of halogens is 2. The van der Waals surface area contributed by atoms with Gasteiger partial charge in [0.2, 0.25) is 5.91 Å². The average molecular weight is 336 g/mol. The Balaban J connectivity index is 2.03. The van der Waals surface area contributed by atoms with E-state index in [1.165, 1.54) is 0 Å². The Labute approximate surface area is 139 Å². The molecule has 1 aliphatic rings. The second-order valence-corrected chi connectivity index (χ2v) is 6.22. The molecule has 0 bridgehead atoms. The minimum Gasteiger partial charge on any atom is -0.391 e.